The fraction of sp³-hybridized carbons (Fsp3) is 0. The van der Waals surface area contributed by atoms with Crippen LogP contribution < -0.4 is 16.8 Å². The van der Waals surface area contributed by atoms with Crippen LogP contribution in [0.2, 0.25) is 0 Å². The summed E-state index contributed by atoms with van der Waals surface area (Å²) in [4.78, 5) is 0. The van der Waals surface area contributed by atoms with Gasteiger partial charge in [0.2, 0.25) is 0 Å². The second-order valence-corrected chi connectivity index (χ2v) is 1.56. The van der Waals surface area contributed by atoms with E-state index in [1.54, 1.807) is 0 Å². The summed E-state index contributed by atoms with van der Waals surface area (Å²) in [6, 6.07) is 0. The molecule has 0 aromatic carbocycles. The average Bonchev–Trinajstić information content (AvgIpc) is 1.25. The monoisotopic (exact) mass is 328 g/mol. The van der Waals surface area contributed by atoms with Crippen molar-refractivity contribution in [2.45, 2.75) is 0 Å². The van der Waals surface area contributed by atoms with Crippen LogP contribution >= 0.6 is 0 Å². The SMILES string of the molecule is [Co+2].[Cu+2].[O]=[Mn]([O-])[O-].[O]=[Mn]([O-])[O-]. The zero-order valence-corrected chi connectivity index (χ0v) is 8.18. The van der Waals surface area contributed by atoms with Crippen LogP contribution in [0.4, 0.5) is 0 Å². The maximum absolute atomic E-state index is 8.52. The molecule has 0 aromatic rings. The molecule has 0 unspecified atom stereocenters. The molecule has 10 heteroatoms. The van der Waals surface area contributed by atoms with E-state index in [2.05, 4.69) is 0 Å². The second-order valence-electron chi connectivity index (χ2n) is 0.378. The predicted molar refractivity (Wildman–Crippen MR) is 1.37 cm³/mol. The van der Waals surface area contributed by atoms with Gasteiger partial charge in [-0.2, -0.15) is 0 Å². The molecule has 0 atom stereocenters. The van der Waals surface area contributed by atoms with E-state index in [0.29, 0.717) is 0 Å². The Morgan fingerprint density at radius 3 is 0.800 bits per heavy atom. The molecule has 0 heterocycles. The first-order valence-corrected chi connectivity index (χ1v) is 3.82. The van der Waals surface area contributed by atoms with E-state index in [-0.39, 0.29) is 33.8 Å². The van der Waals surface area contributed by atoms with Gasteiger partial charge >= 0.3 is 87.3 Å². The van der Waals surface area contributed by atoms with Crippen molar-refractivity contribution in [3.8, 4) is 0 Å². The fourth-order valence-electron chi connectivity index (χ4n) is 0. The molecule has 0 fully saturated rings. The molecule has 0 saturated heterocycles. The van der Waals surface area contributed by atoms with E-state index in [9.17, 15) is 0 Å². The molecule has 0 amide bonds. The van der Waals surface area contributed by atoms with E-state index in [0.717, 1.165) is 0 Å². The van der Waals surface area contributed by atoms with Crippen molar-refractivity contribution >= 4 is 0 Å². The molecule has 0 rings (SSSR count). The molecule has 0 aliphatic carbocycles. The summed E-state index contributed by atoms with van der Waals surface area (Å²) in [6.45, 7) is 0. The fourth-order valence-corrected chi connectivity index (χ4v) is 0. The topological polar surface area (TPSA) is 126 Å². The molecule has 0 saturated carbocycles. The van der Waals surface area contributed by atoms with E-state index < -0.39 is 29.0 Å². The van der Waals surface area contributed by atoms with Crippen LogP contribution in [0.15, 0.2) is 0 Å². The summed E-state index contributed by atoms with van der Waals surface area (Å²) in [5, 5.41) is 0. The predicted octanol–water partition coefficient (Wildman–Crippen LogP) is -5.00. The Morgan fingerprint density at radius 1 is 0.800 bits per heavy atom. The van der Waals surface area contributed by atoms with Crippen LogP contribution in [-0.2, 0) is 70.5 Å². The minimum absolute atomic E-state index is 0. The molecule has 0 bridgehead atoms. The van der Waals surface area contributed by atoms with Crippen molar-refractivity contribution in [3.05, 3.63) is 0 Å². The van der Waals surface area contributed by atoms with Gasteiger partial charge in [-0.3, -0.25) is 0 Å². The standard InChI is InChI=1S/Co.Cu.2Mn.6O/q2*+2;;;;;4*-1. The Morgan fingerprint density at radius 2 is 0.800 bits per heavy atom. The first-order chi connectivity index (χ1) is 3.46. The van der Waals surface area contributed by atoms with Gasteiger partial charge in [0.1, 0.15) is 0 Å². The molecule has 0 aliphatic heterocycles. The molecular weight excluding hydrogens is 328 g/mol. The molecule has 6 nitrogen and oxygen atoms in total. The van der Waals surface area contributed by atoms with Gasteiger partial charge in [0, 0.05) is 0 Å². The number of rotatable bonds is 0. The van der Waals surface area contributed by atoms with Crippen molar-refractivity contribution in [1.82, 2.24) is 0 Å². The second kappa shape index (κ2) is 16.8. The van der Waals surface area contributed by atoms with Crippen LogP contribution in [0.5, 0.6) is 0 Å². The maximum atomic E-state index is 8.52. The van der Waals surface area contributed by atoms with Gasteiger partial charge in [0.15, 0.2) is 0 Å². The summed E-state index contributed by atoms with van der Waals surface area (Å²) in [5.74, 6) is 0. The molecule has 2 radical (unpaired) electrons. The first-order valence-electron chi connectivity index (χ1n) is 0.926. The van der Waals surface area contributed by atoms with E-state index in [4.69, 9.17) is 24.4 Å². The van der Waals surface area contributed by atoms with Gasteiger partial charge in [-0.05, 0) is 0 Å². The molecule has 70 valence electrons. The molecule has 0 spiro atoms. The first kappa shape index (κ1) is 22.5. The summed E-state index contributed by atoms with van der Waals surface area (Å²) >= 11 is -7.29. The zero-order valence-electron chi connectivity index (χ0n) is 3.84. The van der Waals surface area contributed by atoms with E-state index >= 15 is 0 Å². The molecular formula is CoCuMn2O6. The Hall–Kier alpha value is 1.50. The summed E-state index contributed by atoms with van der Waals surface area (Å²) in [6.07, 6.45) is 0. The Balaban J connectivity index is -0.0000000300. The Bertz CT molecular complexity index is 73.7. The molecule has 10 heavy (non-hydrogen) atoms. The van der Waals surface area contributed by atoms with Crippen LogP contribution in [0.25, 0.3) is 0 Å². The van der Waals surface area contributed by atoms with Crippen LogP contribution in [0, 0.1) is 0 Å². The zero-order chi connectivity index (χ0) is 7.15. The minimum atomic E-state index is -3.65. The van der Waals surface area contributed by atoms with Gasteiger partial charge in [-0.15, -0.1) is 0 Å². The average molecular weight is 328 g/mol. The van der Waals surface area contributed by atoms with Crippen LogP contribution in [0.3, 0.4) is 0 Å². The quantitative estimate of drug-likeness (QED) is 0.410. The molecule has 0 N–H and O–H groups in total. The normalized spacial score (nSPS) is 7.00. The van der Waals surface area contributed by atoms with Crippen molar-refractivity contribution in [1.29, 1.82) is 0 Å². The molecule has 0 aliphatic rings. The van der Waals surface area contributed by atoms with Crippen LogP contribution in [0.1, 0.15) is 0 Å². The third kappa shape index (κ3) is 304. The van der Waals surface area contributed by atoms with Gasteiger partial charge in [0.05, 0.1) is 0 Å². The van der Waals surface area contributed by atoms with Gasteiger partial charge in [-0.1, -0.05) is 0 Å². The van der Waals surface area contributed by atoms with Crippen molar-refractivity contribution < 1.29 is 87.3 Å². The Labute approximate surface area is 86.8 Å². The summed E-state index contributed by atoms with van der Waals surface area (Å²) < 4.78 is 51.1. The third-order valence-corrected chi connectivity index (χ3v) is 0. The van der Waals surface area contributed by atoms with Gasteiger partial charge < -0.3 is 0 Å². The number of hydrogen-bond acceptors (Lipinski definition) is 6. The van der Waals surface area contributed by atoms with Crippen molar-refractivity contribution in [2.24, 2.45) is 0 Å². The van der Waals surface area contributed by atoms with Crippen LogP contribution in [-0.4, -0.2) is 0 Å². The number of hydrogen-bond donors (Lipinski definition) is 0. The van der Waals surface area contributed by atoms with E-state index in [1.807, 2.05) is 0 Å². The van der Waals surface area contributed by atoms with Gasteiger partial charge in [-0.25, -0.2) is 0 Å². The summed E-state index contributed by atoms with van der Waals surface area (Å²) in [7, 11) is 0. The third-order valence-electron chi connectivity index (χ3n) is 0. The Kier molecular flexibility index (Phi) is 38.0. The van der Waals surface area contributed by atoms with E-state index in [1.165, 1.54) is 0 Å². The molecule has 0 aromatic heterocycles. The van der Waals surface area contributed by atoms with Crippen molar-refractivity contribution in [3.63, 3.8) is 0 Å². The van der Waals surface area contributed by atoms with Gasteiger partial charge in [0.25, 0.3) is 0 Å². The summed E-state index contributed by atoms with van der Waals surface area (Å²) in [5.41, 5.74) is 0. The van der Waals surface area contributed by atoms with Crippen molar-refractivity contribution in [2.75, 3.05) is 0 Å².